The van der Waals surface area contributed by atoms with E-state index < -0.39 is 5.41 Å². The number of rotatable bonds is 7. The summed E-state index contributed by atoms with van der Waals surface area (Å²) in [6.07, 6.45) is 0. The lowest BCUT2D eigenvalue weighted by Crippen LogP contribution is -2.45. The molecule has 142 valence electrons. The number of aliphatic imine (C=N–C) groups is 1. The summed E-state index contributed by atoms with van der Waals surface area (Å²) in [6, 6.07) is 5.55. The van der Waals surface area contributed by atoms with Crippen molar-refractivity contribution < 1.29 is 14.3 Å². The summed E-state index contributed by atoms with van der Waals surface area (Å²) < 4.78 is 10.8. The van der Waals surface area contributed by atoms with Crippen molar-refractivity contribution in [3.8, 4) is 11.5 Å². The summed E-state index contributed by atoms with van der Waals surface area (Å²) in [4.78, 5) is 16.0. The number of hydrogen-bond donors (Lipinski definition) is 3. The number of halogens is 1. The van der Waals surface area contributed by atoms with Crippen molar-refractivity contribution in [3.63, 3.8) is 0 Å². The summed E-state index contributed by atoms with van der Waals surface area (Å²) in [5.74, 6) is 1.87. The van der Waals surface area contributed by atoms with Gasteiger partial charge >= 0.3 is 0 Å². The topological polar surface area (TPSA) is 84.0 Å². The third kappa shape index (κ3) is 6.97. The van der Waals surface area contributed by atoms with Gasteiger partial charge in [0.2, 0.25) is 5.91 Å². The number of benzene rings is 1. The lowest BCUT2D eigenvalue weighted by atomic mass is 9.92. The predicted molar refractivity (Wildman–Crippen MR) is 112 cm³/mol. The van der Waals surface area contributed by atoms with Crippen LogP contribution in [0.25, 0.3) is 0 Å². The first-order chi connectivity index (χ1) is 11.4. The van der Waals surface area contributed by atoms with Crippen LogP contribution in [0.5, 0.6) is 11.5 Å². The van der Waals surface area contributed by atoms with Crippen LogP contribution in [0.2, 0.25) is 0 Å². The Hall–Kier alpha value is -1.71. The monoisotopic (exact) mass is 464 g/mol. The van der Waals surface area contributed by atoms with Crippen LogP contribution in [0.3, 0.4) is 0 Å². The van der Waals surface area contributed by atoms with E-state index in [4.69, 9.17) is 9.47 Å². The third-order valence-electron chi connectivity index (χ3n) is 3.49. The molecule has 0 spiro atoms. The molecule has 1 aromatic carbocycles. The number of methoxy groups -OCH3 is 1. The Morgan fingerprint density at radius 3 is 2.48 bits per heavy atom. The lowest BCUT2D eigenvalue weighted by Gasteiger charge is -2.24. The van der Waals surface area contributed by atoms with E-state index >= 15 is 0 Å². The van der Waals surface area contributed by atoms with E-state index in [1.54, 1.807) is 21.2 Å². The van der Waals surface area contributed by atoms with Crippen LogP contribution >= 0.6 is 24.0 Å². The number of guanidine groups is 1. The molecule has 1 aromatic rings. The number of ether oxygens (including phenoxy) is 2. The van der Waals surface area contributed by atoms with Gasteiger partial charge in [-0.3, -0.25) is 9.79 Å². The second-order valence-electron chi connectivity index (χ2n) is 5.81. The van der Waals surface area contributed by atoms with E-state index in [2.05, 4.69) is 20.9 Å². The van der Waals surface area contributed by atoms with Crippen molar-refractivity contribution in [1.29, 1.82) is 0 Å². The molecule has 0 radical (unpaired) electrons. The maximum Gasteiger partial charge on any atom is 0.227 e. The van der Waals surface area contributed by atoms with Gasteiger partial charge in [0.25, 0.3) is 0 Å². The van der Waals surface area contributed by atoms with E-state index in [0.717, 1.165) is 5.69 Å². The third-order valence-corrected chi connectivity index (χ3v) is 3.49. The van der Waals surface area contributed by atoms with Crippen LogP contribution in [0.15, 0.2) is 23.2 Å². The van der Waals surface area contributed by atoms with Gasteiger partial charge < -0.3 is 25.4 Å². The molecular formula is C17H29IN4O3. The zero-order chi connectivity index (χ0) is 18.2. The highest BCUT2D eigenvalue weighted by atomic mass is 127. The number of hydrogen-bond acceptors (Lipinski definition) is 4. The quantitative estimate of drug-likeness (QED) is 0.328. The second-order valence-corrected chi connectivity index (χ2v) is 5.81. The highest BCUT2D eigenvalue weighted by molar-refractivity contribution is 14.0. The number of nitrogens with one attached hydrogen (secondary N) is 3. The summed E-state index contributed by atoms with van der Waals surface area (Å²) in [7, 11) is 4.91. The average Bonchev–Trinajstić information content (AvgIpc) is 2.58. The normalized spacial score (nSPS) is 11.2. The van der Waals surface area contributed by atoms with Crippen molar-refractivity contribution in [2.45, 2.75) is 20.8 Å². The van der Waals surface area contributed by atoms with Gasteiger partial charge in [-0.1, -0.05) is 0 Å². The minimum Gasteiger partial charge on any atom is -0.493 e. The molecule has 0 aromatic heterocycles. The Labute approximate surface area is 167 Å². The lowest BCUT2D eigenvalue weighted by molar-refractivity contribution is -0.128. The van der Waals surface area contributed by atoms with Crippen LogP contribution in [0.1, 0.15) is 20.8 Å². The molecule has 0 fully saturated rings. The molecule has 3 N–H and O–H groups in total. The van der Waals surface area contributed by atoms with Crippen molar-refractivity contribution in [1.82, 2.24) is 10.6 Å². The van der Waals surface area contributed by atoms with Crippen LogP contribution in [-0.2, 0) is 4.79 Å². The molecular weight excluding hydrogens is 435 g/mol. The van der Waals surface area contributed by atoms with Gasteiger partial charge in [-0.2, -0.15) is 0 Å². The largest absolute Gasteiger partial charge is 0.493 e. The molecule has 0 aliphatic carbocycles. The number of carbonyl (C=O) groups excluding carboxylic acids is 1. The Morgan fingerprint density at radius 2 is 1.96 bits per heavy atom. The Kier molecular flexibility index (Phi) is 10.3. The Balaban J connectivity index is 0.00000576. The molecule has 8 heteroatoms. The molecule has 0 unspecified atom stereocenters. The van der Waals surface area contributed by atoms with E-state index in [9.17, 15) is 4.79 Å². The number of nitrogens with zero attached hydrogens (tertiary/aromatic N) is 1. The minimum absolute atomic E-state index is 0. The molecule has 0 bridgehead atoms. The fraction of sp³-hybridized carbons (Fsp3) is 0.529. The average molecular weight is 464 g/mol. The SMILES string of the molecule is CCOc1cc(NC(=NC)NCC(C)(C)C(=O)NC)ccc1OC.I. The summed E-state index contributed by atoms with van der Waals surface area (Å²) >= 11 is 0. The zero-order valence-corrected chi connectivity index (χ0v) is 18.1. The standard InChI is InChI=1S/C17H28N4O3.HI/c1-7-24-14-10-12(8-9-13(14)23-6)21-16(19-5)20-11-17(2,3)15(22)18-4;/h8-10H,7,11H2,1-6H3,(H,18,22)(H2,19,20,21);1H. The van der Waals surface area contributed by atoms with Crippen molar-refractivity contribution >= 4 is 41.5 Å². The Morgan fingerprint density at radius 1 is 1.28 bits per heavy atom. The molecule has 1 rings (SSSR count). The first-order valence-electron chi connectivity index (χ1n) is 7.88. The van der Waals surface area contributed by atoms with Crippen molar-refractivity contribution in [2.24, 2.45) is 10.4 Å². The van der Waals surface area contributed by atoms with Gasteiger partial charge in [-0.05, 0) is 32.9 Å². The minimum atomic E-state index is -0.553. The molecule has 0 aliphatic heterocycles. The van der Waals surface area contributed by atoms with Gasteiger partial charge in [0.15, 0.2) is 17.5 Å². The highest BCUT2D eigenvalue weighted by Gasteiger charge is 2.26. The predicted octanol–water partition coefficient (Wildman–Crippen LogP) is 2.47. The van der Waals surface area contributed by atoms with E-state index in [1.165, 1.54) is 0 Å². The number of anilines is 1. The van der Waals surface area contributed by atoms with Crippen LogP contribution in [0.4, 0.5) is 5.69 Å². The van der Waals surface area contributed by atoms with Crippen LogP contribution < -0.4 is 25.4 Å². The zero-order valence-electron chi connectivity index (χ0n) is 15.7. The molecule has 0 heterocycles. The molecule has 0 saturated carbocycles. The van der Waals surface area contributed by atoms with E-state index in [1.807, 2.05) is 39.0 Å². The number of amides is 1. The van der Waals surface area contributed by atoms with Gasteiger partial charge in [0.1, 0.15) is 0 Å². The number of carbonyl (C=O) groups is 1. The van der Waals surface area contributed by atoms with Crippen LogP contribution in [-0.4, -0.2) is 46.2 Å². The first-order valence-corrected chi connectivity index (χ1v) is 7.88. The summed E-state index contributed by atoms with van der Waals surface area (Å²) in [6.45, 7) is 6.65. The van der Waals surface area contributed by atoms with E-state index in [-0.39, 0.29) is 29.9 Å². The van der Waals surface area contributed by atoms with E-state index in [0.29, 0.717) is 30.6 Å². The smallest absolute Gasteiger partial charge is 0.227 e. The molecule has 0 saturated heterocycles. The molecule has 7 nitrogen and oxygen atoms in total. The summed E-state index contributed by atoms with van der Waals surface area (Å²) in [5, 5.41) is 9.00. The van der Waals surface area contributed by atoms with Crippen molar-refractivity contribution in [2.75, 3.05) is 39.7 Å². The fourth-order valence-electron chi connectivity index (χ4n) is 2.06. The van der Waals surface area contributed by atoms with Crippen molar-refractivity contribution in [3.05, 3.63) is 18.2 Å². The van der Waals surface area contributed by atoms with Gasteiger partial charge in [0, 0.05) is 32.4 Å². The fourth-order valence-corrected chi connectivity index (χ4v) is 2.06. The summed E-state index contributed by atoms with van der Waals surface area (Å²) in [5.41, 5.74) is 0.257. The highest BCUT2D eigenvalue weighted by Crippen LogP contribution is 2.30. The molecule has 0 atom stereocenters. The Bertz CT molecular complexity index is 591. The van der Waals surface area contributed by atoms with Gasteiger partial charge in [0.05, 0.1) is 19.1 Å². The van der Waals surface area contributed by atoms with Gasteiger partial charge in [-0.15, -0.1) is 24.0 Å². The first kappa shape index (κ1) is 23.3. The molecule has 1 amide bonds. The molecule has 25 heavy (non-hydrogen) atoms. The maximum atomic E-state index is 11.8. The molecule has 0 aliphatic rings. The second kappa shape index (κ2) is 11.0. The maximum absolute atomic E-state index is 11.8. The van der Waals surface area contributed by atoms with Gasteiger partial charge in [-0.25, -0.2) is 0 Å². The van der Waals surface area contributed by atoms with Crippen LogP contribution in [0, 0.1) is 5.41 Å².